The highest BCUT2D eigenvalue weighted by atomic mass is 31.2. The lowest BCUT2D eigenvalue weighted by atomic mass is 9.99. The smallest absolute Gasteiger partial charge is 0.407 e. The molecule has 0 bridgehead atoms. The second-order valence-corrected chi connectivity index (χ2v) is 13.9. The summed E-state index contributed by atoms with van der Waals surface area (Å²) in [4.78, 5) is 60.6. The molecule has 1 aromatic rings. The lowest BCUT2D eigenvalue weighted by Gasteiger charge is -2.39. The van der Waals surface area contributed by atoms with Crippen LogP contribution in [0.25, 0.3) is 0 Å². The molecule has 0 spiro atoms. The fourth-order valence-electron chi connectivity index (χ4n) is 4.11. The van der Waals surface area contributed by atoms with E-state index in [0.717, 1.165) is 0 Å². The molecule has 2 unspecified atom stereocenters. The predicted molar refractivity (Wildman–Crippen MR) is 138 cm³/mol. The van der Waals surface area contributed by atoms with Gasteiger partial charge in [0.25, 0.3) is 5.08 Å². The summed E-state index contributed by atoms with van der Waals surface area (Å²) in [6, 6.07) is 0. The van der Waals surface area contributed by atoms with E-state index in [0.29, 0.717) is 31.5 Å². The number of aliphatic hydroxyl groups is 5. The summed E-state index contributed by atoms with van der Waals surface area (Å²) in [5.41, 5.74) is 0.368. The van der Waals surface area contributed by atoms with Gasteiger partial charge in [0.1, 0.15) is 29.8 Å². The Morgan fingerprint density at radius 2 is 1.62 bits per heavy atom. The highest BCUT2D eigenvalue weighted by Gasteiger charge is 2.58. The Morgan fingerprint density at radius 1 is 1.00 bits per heavy atom. The van der Waals surface area contributed by atoms with E-state index < -0.39 is 70.1 Å². The average Bonchev–Trinajstić information content (AvgIpc) is 3.36. The Hall–Kier alpha value is -1.86. The Balaban J connectivity index is 1.63. The molecule has 1 amide bonds. The van der Waals surface area contributed by atoms with Crippen molar-refractivity contribution in [3.05, 3.63) is 11.9 Å². The molecule has 19 nitrogen and oxygen atoms in total. The summed E-state index contributed by atoms with van der Waals surface area (Å²) in [5.74, 6) is -0.144. The molecule has 1 fully saturated rings. The van der Waals surface area contributed by atoms with Gasteiger partial charge in [-0.25, -0.2) is 4.79 Å². The van der Waals surface area contributed by atoms with E-state index in [-0.39, 0.29) is 38.0 Å². The number of hydrogen-bond donors (Lipinski definition) is 10. The van der Waals surface area contributed by atoms with Gasteiger partial charge in [-0.2, -0.15) is 0 Å². The fourth-order valence-corrected chi connectivity index (χ4v) is 6.36. The zero-order chi connectivity index (χ0) is 31.7. The largest absolute Gasteiger partial charge is 0.440 e. The number of aryl methyl sites for hydroxylation is 1. The third-order valence-corrected chi connectivity index (χ3v) is 10.5. The summed E-state index contributed by atoms with van der Waals surface area (Å²) < 4.78 is 34.0. The molecule has 2 heterocycles. The molecule has 0 aliphatic carbocycles. The van der Waals surface area contributed by atoms with Crippen LogP contribution in [0.4, 0.5) is 4.79 Å². The normalized spacial score (nSPS) is 23.5. The van der Waals surface area contributed by atoms with Crippen LogP contribution < -0.4 is 5.32 Å². The summed E-state index contributed by atoms with van der Waals surface area (Å²) in [7, 11) is -11.0. The van der Waals surface area contributed by atoms with Gasteiger partial charge in [-0.1, -0.05) is 11.6 Å². The summed E-state index contributed by atoms with van der Waals surface area (Å²) in [5, 5.41) is 55.3. The number of amides is 1. The highest BCUT2D eigenvalue weighted by molar-refractivity contribution is 7.72. The quantitative estimate of drug-likeness (QED) is 0.0644. The van der Waals surface area contributed by atoms with Gasteiger partial charge >= 0.3 is 21.3 Å². The number of ketones is 1. The lowest BCUT2D eigenvalue weighted by Crippen LogP contribution is -2.60. The third kappa shape index (κ3) is 10.1. The van der Waals surface area contributed by atoms with Gasteiger partial charge in [0.05, 0.1) is 19.3 Å². The maximum Gasteiger partial charge on any atom is 0.407 e. The topological polar surface area (TPSA) is 312 Å². The molecule has 1 saturated heterocycles. The Labute approximate surface area is 239 Å². The molecule has 21 heteroatoms. The molecule has 5 atom stereocenters. The second kappa shape index (κ2) is 15.7. The fraction of sp³-hybridized carbons (Fsp3) is 0.810. The zero-order valence-electron chi connectivity index (χ0n) is 22.5. The number of aliphatic hydroxyl groups excluding tert-OH is 4. The van der Waals surface area contributed by atoms with E-state index in [1.54, 1.807) is 6.20 Å². The summed E-state index contributed by atoms with van der Waals surface area (Å²) in [6.45, 7) is -0.323. The molecular formula is C21H38N4O15P2. The first-order valence-corrected chi connectivity index (χ1v) is 16.2. The molecule has 0 aromatic carbocycles. The average molecular weight is 648 g/mol. The number of ether oxygens (including phenoxy) is 2. The maximum absolute atomic E-state index is 12.1. The molecule has 1 aromatic heterocycles. The van der Waals surface area contributed by atoms with Gasteiger partial charge in [-0.05, 0) is 32.1 Å². The van der Waals surface area contributed by atoms with Crippen molar-refractivity contribution in [2.75, 3.05) is 6.61 Å². The van der Waals surface area contributed by atoms with E-state index in [2.05, 4.69) is 15.6 Å². The number of aromatic nitrogens is 3. The van der Waals surface area contributed by atoms with E-state index >= 15 is 0 Å². The summed E-state index contributed by atoms with van der Waals surface area (Å²) >= 11 is 0. The minimum absolute atomic E-state index is 0.0231. The maximum atomic E-state index is 12.1. The number of unbranched alkanes of at least 4 members (excludes halogenated alkanes) is 3. The van der Waals surface area contributed by atoms with Crippen molar-refractivity contribution in [3.63, 3.8) is 0 Å². The molecule has 42 heavy (non-hydrogen) atoms. The standard InChI is InChI=1S/C21H38N4O15P2/c26-12-15-16(28)18(17(29)19(30)39-15)40-20(31)22-10-13-11-25(24-23-13)9-5-1-2-6-14(27)7-3-4-8-21(32,41(33,34)35)42(36,37)38/h11,15-19,26,28-30,32H,1-10,12H2,(H,22,31)(H2,33,34,35)(H2,36,37,38)/t15?,16-,17?,18+,19+/m1/s1. The molecule has 1 aliphatic heterocycles. The number of alkyl carbamates (subject to hydrolysis) is 1. The Morgan fingerprint density at radius 3 is 2.21 bits per heavy atom. The number of nitrogens with one attached hydrogen (secondary N) is 1. The van der Waals surface area contributed by atoms with E-state index in [4.69, 9.17) is 29.0 Å². The third-order valence-electron chi connectivity index (χ3n) is 6.58. The first-order valence-electron chi connectivity index (χ1n) is 13.0. The molecule has 10 N–H and O–H groups in total. The van der Waals surface area contributed by atoms with Gasteiger partial charge in [0.2, 0.25) is 0 Å². The monoisotopic (exact) mass is 648 g/mol. The zero-order valence-corrected chi connectivity index (χ0v) is 24.2. The van der Waals surface area contributed by atoms with Crippen LogP contribution in [0.15, 0.2) is 6.20 Å². The Kier molecular flexibility index (Phi) is 13.6. The van der Waals surface area contributed by atoms with Gasteiger partial charge < -0.3 is 59.9 Å². The van der Waals surface area contributed by atoms with E-state index in [1.165, 1.54) is 4.68 Å². The van der Waals surface area contributed by atoms with Crippen LogP contribution in [0, 0.1) is 0 Å². The van der Waals surface area contributed by atoms with Crippen molar-refractivity contribution in [2.24, 2.45) is 0 Å². The minimum atomic E-state index is -5.51. The van der Waals surface area contributed by atoms with Crippen molar-refractivity contribution in [3.8, 4) is 0 Å². The van der Waals surface area contributed by atoms with Gasteiger partial charge in [0, 0.05) is 19.4 Å². The Bertz CT molecular complexity index is 1100. The number of rotatable bonds is 17. The van der Waals surface area contributed by atoms with Crippen LogP contribution in [0.1, 0.15) is 57.1 Å². The number of Topliss-reactive ketones (excluding diaryl/α,β-unsaturated/α-hetero) is 1. The van der Waals surface area contributed by atoms with Crippen molar-refractivity contribution >= 4 is 27.1 Å². The van der Waals surface area contributed by atoms with Gasteiger partial charge in [0.15, 0.2) is 12.4 Å². The number of nitrogens with zero attached hydrogens (tertiary/aromatic N) is 3. The lowest BCUT2D eigenvalue weighted by molar-refractivity contribution is -0.285. The molecule has 0 radical (unpaired) electrons. The minimum Gasteiger partial charge on any atom is -0.440 e. The highest BCUT2D eigenvalue weighted by Crippen LogP contribution is 2.69. The predicted octanol–water partition coefficient (Wildman–Crippen LogP) is -2.00. The van der Waals surface area contributed by atoms with Gasteiger partial charge in [-0.15, -0.1) is 5.10 Å². The first-order chi connectivity index (χ1) is 19.5. The SMILES string of the molecule is O=C(CCCCCn1cc(CNC(=O)O[C@@H]2C(O)[C@@H](O)OC(CO)[C@H]2O)nn1)CCCCC(O)(P(=O)(O)O)P(=O)(O)O. The number of carbonyl (C=O) groups is 2. The number of hydrogen-bond acceptors (Lipinski definition) is 13. The van der Waals surface area contributed by atoms with Crippen LogP contribution in [0.5, 0.6) is 0 Å². The van der Waals surface area contributed by atoms with Crippen LogP contribution in [0.3, 0.4) is 0 Å². The van der Waals surface area contributed by atoms with Crippen LogP contribution in [-0.4, -0.2) is 114 Å². The van der Waals surface area contributed by atoms with E-state index in [9.17, 15) is 44.3 Å². The van der Waals surface area contributed by atoms with Crippen LogP contribution in [-0.2, 0) is 36.5 Å². The van der Waals surface area contributed by atoms with E-state index in [1.807, 2.05) is 0 Å². The summed E-state index contributed by atoms with van der Waals surface area (Å²) in [6.07, 6.45) is -6.22. The van der Waals surface area contributed by atoms with Crippen LogP contribution >= 0.6 is 15.2 Å². The van der Waals surface area contributed by atoms with Gasteiger partial charge in [-0.3, -0.25) is 18.6 Å². The molecular weight excluding hydrogens is 610 g/mol. The molecule has 0 saturated carbocycles. The number of carbonyl (C=O) groups excluding carboxylic acids is 2. The van der Waals surface area contributed by atoms with Crippen molar-refractivity contribution in [1.29, 1.82) is 0 Å². The second-order valence-electron chi connectivity index (χ2n) is 9.84. The molecule has 242 valence electrons. The molecule has 1 aliphatic rings. The van der Waals surface area contributed by atoms with Crippen LogP contribution in [0.2, 0.25) is 0 Å². The van der Waals surface area contributed by atoms with Crippen molar-refractivity contribution in [1.82, 2.24) is 20.3 Å². The first kappa shape index (κ1) is 36.3. The molecule has 2 rings (SSSR count). The van der Waals surface area contributed by atoms with Crippen molar-refractivity contribution in [2.45, 2.75) is 100 Å². The van der Waals surface area contributed by atoms with Crippen molar-refractivity contribution < 1.29 is 73.3 Å².